The number of aromatic nitrogens is 2. The number of rotatable bonds is 5. The number of nitroso groups, excluding NO2 is 1. The van der Waals surface area contributed by atoms with E-state index in [1.165, 1.54) is 0 Å². The molecule has 1 aromatic heterocycles. The van der Waals surface area contributed by atoms with Gasteiger partial charge in [0.15, 0.2) is 0 Å². The predicted molar refractivity (Wildman–Crippen MR) is 62.9 cm³/mol. The summed E-state index contributed by atoms with van der Waals surface area (Å²) in [5.41, 5.74) is 0. The van der Waals surface area contributed by atoms with Gasteiger partial charge in [0, 0.05) is 37.2 Å². The fourth-order valence-electron chi connectivity index (χ4n) is 2.16. The summed E-state index contributed by atoms with van der Waals surface area (Å²) >= 11 is 0. The molecule has 2 heterocycles. The zero-order chi connectivity index (χ0) is 12.1. The largest absolute Gasteiger partial charge is 0.313 e. The van der Waals surface area contributed by atoms with E-state index < -0.39 is 6.17 Å². The highest BCUT2D eigenvalue weighted by atomic mass is 19.1. The predicted octanol–water partition coefficient (Wildman–Crippen LogP) is 2.10. The zero-order valence-corrected chi connectivity index (χ0v) is 9.76. The highest BCUT2D eigenvalue weighted by Gasteiger charge is 2.17. The summed E-state index contributed by atoms with van der Waals surface area (Å²) in [5, 5.41) is 2.84. The number of hydrogen-bond donors (Lipinski definition) is 0. The van der Waals surface area contributed by atoms with Gasteiger partial charge in [-0.3, -0.25) is 0 Å². The minimum atomic E-state index is -0.620. The number of likely N-dealkylation sites (tertiary alicyclic amines) is 1. The molecule has 0 atom stereocenters. The van der Waals surface area contributed by atoms with Crippen LogP contribution in [-0.2, 0) is 6.54 Å². The Labute approximate surface area is 99.6 Å². The van der Waals surface area contributed by atoms with Gasteiger partial charge < -0.3 is 9.47 Å². The molecule has 0 aliphatic carbocycles. The molecule has 5 nitrogen and oxygen atoms in total. The van der Waals surface area contributed by atoms with E-state index in [0.29, 0.717) is 12.8 Å². The number of nitrogens with zero attached hydrogens (tertiary/aromatic N) is 4. The highest BCUT2D eigenvalue weighted by Crippen LogP contribution is 2.14. The molecule has 17 heavy (non-hydrogen) atoms. The molecule has 0 spiro atoms. The average molecular weight is 240 g/mol. The first kappa shape index (κ1) is 12.2. The van der Waals surface area contributed by atoms with Crippen LogP contribution in [0.3, 0.4) is 0 Å². The number of halogens is 1. The first-order valence-corrected chi connectivity index (χ1v) is 6.00. The molecule has 6 heteroatoms. The summed E-state index contributed by atoms with van der Waals surface area (Å²) in [6.07, 6.45) is 4.93. The van der Waals surface area contributed by atoms with Crippen molar-refractivity contribution < 1.29 is 4.39 Å². The Morgan fingerprint density at radius 3 is 2.88 bits per heavy atom. The van der Waals surface area contributed by atoms with Crippen LogP contribution >= 0.6 is 0 Å². The monoisotopic (exact) mass is 240 g/mol. The molecule has 0 unspecified atom stereocenters. The van der Waals surface area contributed by atoms with Crippen molar-refractivity contribution in [1.29, 1.82) is 0 Å². The molecule has 0 radical (unpaired) electrons. The van der Waals surface area contributed by atoms with Crippen molar-refractivity contribution in [2.24, 2.45) is 5.18 Å². The van der Waals surface area contributed by atoms with E-state index in [9.17, 15) is 9.30 Å². The standard InChI is InChI=1S/C11H17FN4O/c12-10-2-7-15(8-3-10)5-1-6-16-9-4-13-11(16)14-17/h4,9-10H,1-3,5-8H2. The second kappa shape index (κ2) is 5.86. The molecule has 1 aromatic rings. The summed E-state index contributed by atoms with van der Waals surface area (Å²) in [5.74, 6) is 0.229. The first-order chi connectivity index (χ1) is 8.29. The summed E-state index contributed by atoms with van der Waals surface area (Å²) in [4.78, 5) is 16.5. The number of piperidine rings is 1. The SMILES string of the molecule is O=Nc1nccn1CCCN1CCC(F)CC1. The Morgan fingerprint density at radius 1 is 1.41 bits per heavy atom. The zero-order valence-electron chi connectivity index (χ0n) is 9.76. The Bertz CT molecular complexity index is 360. The molecule has 1 fully saturated rings. The van der Waals surface area contributed by atoms with Crippen molar-refractivity contribution in [1.82, 2.24) is 14.5 Å². The lowest BCUT2D eigenvalue weighted by atomic mass is 10.1. The molecular weight excluding hydrogens is 223 g/mol. The van der Waals surface area contributed by atoms with E-state index in [2.05, 4.69) is 15.1 Å². The fraction of sp³-hybridized carbons (Fsp3) is 0.727. The second-order valence-electron chi connectivity index (χ2n) is 4.38. The molecule has 2 rings (SSSR count). The maximum Gasteiger partial charge on any atom is 0.271 e. The molecule has 0 bridgehead atoms. The van der Waals surface area contributed by atoms with Gasteiger partial charge in [-0.05, 0) is 25.8 Å². The summed E-state index contributed by atoms with van der Waals surface area (Å²) in [7, 11) is 0. The van der Waals surface area contributed by atoms with E-state index in [4.69, 9.17) is 0 Å². The van der Waals surface area contributed by atoms with Gasteiger partial charge in [-0.1, -0.05) is 0 Å². The first-order valence-electron chi connectivity index (χ1n) is 6.00. The average Bonchev–Trinajstić information content (AvgIpc) is 2.79. The summed E-state index contributed by atoms with van der Waals surface area (Å²) < 4.78 is 14.7. The summed E-state index contributed by atoms with van der Waals surface area (Å²) in [6.45, 7) is 3.34. The number of aryl methyl sites for hydroxylation is 1. The Balaban J connectivity index is 1.71. The van der Waals surface area contributed by atoms with Crippen LogP contribution in [0.4, 0.5) is 10.3 Å². The van der Waals surface area contributed by atoms with Crippen LogP contribution < -0.4 is 0 Å². The van der Waals surface area contributed by atoms with Gasteiger partial charge in [-0.15, -0.1) is 4.91 Å². The minimum absolute atomic E-state index is 0.229. The van der Waals surface area contributed by atoms with Gasteiger partial charge in [0.1, 0.15) is 6.17 Å². The van der Waals surface area contributed by atoms with E-state index in [-0.39, 0.29) is 5.95 Å². The molecule has 1 aliphatic rings. The smallest absolute Gasteiger partial charge is 0.271 e. The molecule has 0 amide bonds. The molecule has 0 N–H and O–H groups in total. The lowest BCUT2D eigenvalue weighted by Crippen LogP contribution is -2.35. The Morgan fingerprint density at radius 2 is 2.18 bits per heavy atom. The lowest BCUT2D eigenvalue weighted by Gasteiger charge is -2.28. The van der Waals surface area contributed by atoms with Gasteiger partial charge in [0.25, 0.3) is 5.95 Å². The molecular formula is C11H17FN4O. The van der Waals surface area contributed by atoms with Crippen molar-refractivity contribution >= 4 is 5.95 Å². The Hall–Kier alpha value is -1.30. The number of alkyl halides is 1. The van der Waals surface area contributed by atoms with Crippen molar-refractivity contribution in [2.45, 2.75) is 32.0 Å². The van der Waals surface area contributed by atoms with Crippen LogP contribution in [0.25, 0.3) is 0 Å². The molecule has 1 saturated heterocycles. The van der Waals surface area contributed by atoms with Crippen LogP contribution in [0, 0.1) is 4.91 Å². The number of imidazole rings is 1. The van der Waals surface area contributed by atoms with E-state index in [1.807, 2.05) is 0 Å². The highest BCUT2D eigenvalue weighted by molar-refractivity contribution is 5.15. The van der Waals surface area contributed by atoms with E-state index in [1.54, 1.807) is 17.0 Å². The molecule has 94 valence electrons. The van der Waals surface area contributed by atoms with Crippen molar-refractivity contribution in [3.05, 3.63) is 17.3 Å². The quantitative estimate of drug-likeness (QED) is 0.740. The lowest BCUT2D eigenvalue weighted by molar-refractivity contribution is 0.148. The van der Waals surface area contributed by atoms with Gasteiger partial charge in [-0.25, -0.2) is 9.37 Å². The molecule has 1 aliphatic heterocycles. The Kier molecular flexibility index (Phi) is 4.19. The number of hydrogen-bond acceptors (Lipinski definition) is 4. The van der Waals surface area contributed by atoms with Gasteiger partial charge >= 0.3 is 0 Å². The van der Waals surface area contributed by atoms with Crippen LogP contribution in [0.2, 0.25) is 0 Å². The van der Waals surface area contributed by atoms with Gasteiger partial charge in [0.2, 0.25) is 0 Å². The third kappa shape index (κ3) is 3.33. The van der Waals surface area contributed by atoms with Crippen molar-refractivity contribution in [3.8, 4) is 0 Å². The maximum atomic E-state index is 12.9. The second-order valence-corrected chi connectivity index (χ2v) is 4.38. The van der Waals surface area contributed by atoms with E-state index in [0.717, 1.165) is 32.6 Å². The minimum Gasteiger partial charge on any atom is -0.313 e. The fourth-order valence-corrected chi connectivity index (χ4v) is 2.16. The van der Waals surface area contributed by atoms with Gasteiger partial charge in [-0.2, -0.15) is 0 Å². The third-order valence-corrected chi connectivity index (χ3v) is 3.17. The molecule has 0 aromatic carbocycles. The van der Waals surface area contributed by atoms with Crippen LogP contribution in [0.1, 0.15) is 19.3 Å². The van der Waals surface area contributed by atoms with Crippen LogP contribution in [0.15, 0.2) is 17.6 Å². The molecule has 0 saturated carbocycles. The van der Waals surface area contributed by atoms with E-state index >= 15 is 0 Å². The van der Waals surface area contributed by atoms with Crippen molar-refractivity contribution in [3.63, 3.8) is 0 Å². The topological polar surface area (TPSA) is 50.5 Å². The van der Waals surface area contributed by atoms with Gasteiger partial charge in [0.05, 0.1) is 0 Å². The third-order valence-electron chi connectivity index (χ3n) is 3.17. The van der Waals surface area contributed by atoms with Crippen molar-refractivity contribution in [2.75, 3.05) is 19.6 Å². The summed E-state index contributed by atoms with van der Waals surface area (Å²) in [6, 6.07) is 0. The normalized spacial score (nSPS) is 18.4. The maximum absolute atomic E-state index is 12.9. The van der Waals surface area contributed by atoms with Crippen LogP contribution in [0.5, 0.6) is 0 Å². The van der Waals surface area contributed by atoms with Crippen LogP contribution in [-0.4, -0.2) is 40.3 Å².